The Balaban J connectivity index is 1.50. The highest BCUT2D eigenvalue weighted by atomic mass is 14.4. The lowest BCUT2D eigenvalue weighted by Gasteiger charge is -2.22. The van der Waals surface area contributed by atoms with E-state index >= 15 is 0 Å². The van der Waals surface area contributed by atoms with Gasteiger partial charge in [0.05, 0.1) is 0 Å². The maximum Gasteiger partial charge on any atom is -0.000817 e. The van der Waals surface area contributed by atoms with Crippen LogP contribution in [0, 0.1) is 23.7 Å². The van der Waals surface area contributed by atoms with E-state index in [2.05, 4.69) is 39.8 Å². The van der Waals surface area contributed by atoms with Gasteiger partial charge in [0.1, 0.15) is 0 Å². The summed E-state index contributed by atoms with van der Waals surface area (Å²) in [6.45, 7) is 9.61. The van der Waals surface area contributed by atoms with E-state index in [9.17, 15) is 0 Å². The van der Waals surface area contributed by atoms with Crippen LogP contribution in [0.15, 0.2) is 45.6 Å². The molecular formula is C28H42. The van der Waals surface area contributed by atoms with Crippen LogP contribution in [0.2, 0.25) is 0 Å². The first-order chi connectivity index (χ1) is 13.5. The highest BCUT2D eigenvalue weighted by Gasteiger charge is 2.31. The molecule has 28 heavy (non-hydrogen) atoms. The average Bonchev–Trinajstić information content (AvgIpc) is 3.18. The predicted molar refractivity (Wildman–Crippen MR) is 122 cm³/mol. The normalized spacial score (nSPS) is 27.5. The maximum absolute atomic E-state index is 2.70. The van der Waals surface area contributed by atoms with E-state index in [1.165, 1.54) is 77.0 Å². The van der Waals surface area contributed by atoms with Crippen molar-refractivity contribution in [2.24, 2.45) is 23.7 Å². The Morgan fingerprint density at radius 1 is 0.857 bits per heavy atom. The summed E-state index contributed by atoms with van der Waals surface area (Å²) in [5, 5.41) is 0. The van der Waals surface area contributed by atoms with E-state index in [-0.39, 0.29) is 0 Å². The van der Waals surface area contributed by atoms with Crippen LogP contribution in [0.4, 0.5) is 0 Å². The molecule has 4 aliphatic rings. The Labute approximate surface area is 174 Å². The Kier molecular flexibility index (Phi) is 6.34. The minimum Gasteiger partial charge on any atom is -0.0738 e. The Hall–Kier alpha value is -1.04. The monoisotopic (exact) mass is 378 g/mol. The van der Waals surface area contributed by atoms with Gasteiger partial charge in [-0.15, -0.1) is 0 Å². The standard InChI is InChI=1S/C28H42/c1-19(2)15-27-23(17-21-9-5-7-11-25(21)27)13-14-24-18-22-10-6-8-12-26(22)28(24)16-20(3)4/h17-21,24H,5-16H2,1-4H3. The largest absolute Gasteiger partial charge is 0.0738 e. The molecule has 0 bridgehead atoms. The van der Waals surface area contributed by atoms with Crippen molar-refractivity contribution in [1.82, 2.24) is 0 Å². The summed E-state index contributed by atoms with van der Waals surface area (Å²) in [5.41, 5.74) is 10.7. The zero-order valence-corrected chi connectivity index (χ0v) is 18.9. The van der Waals surface area contributed by atoms with Crippen molar-refractivity contribution in [2.45, 2.75) is 105 Å². The Morgan fingerprint density at radius 2 is 1.61 bits per heavy atom. The molecule has 154 valence electrons. The van der Waals surface area contributed by atoms with Gasteiger partial charge in [0.15, 0.2) is 0 Å². The molecule has 0 saturated heterocycles. The third-order valence-corrected chi connectivity index (χ3v) is 7.55. The fraction of sp³-hybridized carbons (Fsp3) is 0.714. The van der Waals surface area contributed by atoms with Crippen LogP contribution in [0.3, 0.4) is 0 Å². The van der Waals surface area contributed by atoms with Gasteiger partial charge in [0, 0.05) is 0 Å². The summed E-state index contributed by atoms with van der Waals surface area (Å²) in [6.07, 6.45) is 21.9. The van der Waals surface area contributed by atoms with Crippen molar-refractivity contribution in [3.63, 3.8) is 0 Å². The SMILES string of the molecule is CC(C)CC1=C2CCCCC2C=C1CCC1C=C2CCCCC2=C1CC(C)C. The fourth-order valence-corrected chi connectivity index (χ4v) is 6.38. The van der Waals surface area contributed by atoms with Crippen molar-refractivity contribution in [2.75, 3.05) is 0 Å². The fourth-order valence-electron chi connectivity index (χ4n) is 6.38. The molecule has 2 atom stereocenters. The molecule has 0 N–H and O–H groups in total. The van der Waals surface area contributed by atoms with Crippen LogP contribution in [0.5, 0.6) is 0 Å². The topological polar surface area (TPSA) is 0 Å². The van der Waals surface area contributed by atoms with Crippen molar-refractivity contribution in [3.05, 3.63) is 45.6 Å². The zero-order chi connectivity index (χ0) is 19.7. The van der Waals surface area contributed by atoms with Gasteiger partial charge in [0.2, 0.25) is 0 Å². The molecule has 0 aromatic carbocycles. The molecule has 0 aromatic heterocycles. The van der Waals surface area contributed by atoms with E-state index in [1.54, 1.807) is 22.3 Å². The Morgan fingerprint density at radius 3 is 2.39 bits per heavy atom. The van der Waals surface area contributed by atoms with Crippen molar-refractivity contribution in [3.8, 4) is 0 Å². The van der Waals surface area contributed by atoms with Crippen LogP contribution in [-0.4, -0.2) is 0 Å². The van der Waals surface area contributed by atoms with Gasteiger partial charge in [-0.25, -0.2) is 0 Å². The molecule has 0 nitrogen and oxygen atoms in total. The third-order valence-electron chi connectivity index (χ3n) is 7.55. The number of hydrogen-bond acceptors (Lipinski definition) is 0. The molecule has 4 aliphatic carbocycles. The summed E-state index contributed by atoms with van der Waals surface area (Å²) in [5.74, 6) is 3.10. The van der Waals surface area contributed by atoms with Crippen LogP contribution < -0.4 is 0 Å². The molecule has 0 aromatic rings. The van der Waals surface area contributed by atoms with Gasteiger partial charge in [0.25, 0.3) is 0 Å². The van der Waals surface area contributed by atoms with E-state index in [0.717, 1.165) is 23.7 Å². The summed E-state index contributed by atoms with van der Waals surface area (Å²) in [6, 6.07) is 0. The first-order valence-corrected chi connectivity index (χ1v) is 12.4. The number of hydrogen-bond donors (Lipinski definition) is 0. The summed E-state index contributed by atoms with van der Waals surface area (Å²) in [7, 11) is 0. The summed E-state index contributed by atoms with van der Waals surface area (Å²) < 4.78 is 0. The average molecular weight is 379 g/mol. The number of fused-ring (bicyclic) bond motifs is 2. The lowest BCUT2D eigenvalue weighted by molar-refractivity contribution is 0.517. The zero-order valence-electron chi connectivity index (χ0n) is 18.9. The minimum atomic E-state index is 0.735. The van der Waals surface area contributed by atoms with E-state index < -0.39 is 0 Å². The second-order valence-corrected chi connectivity index (χ2v) is 10.8. The molecule has 0 radical (unpaired) electrons. The third kappa shape index (κ3) is 4.27. The molecule has 0 spiro atoms. The van der Waals surface area contributed by atoms with Crippen LogP contribution in [0.25, 0.3) is 0 Å². The Bertz CT molecular complexity index is 706. The van der Waals surface area contributed by atoms with Crippen LogP contribution >= 0.6 is 0 Å². The van der Waals surface area contributed by atoms with E-state index in [1.807, 2.05) is 11.1 Å². The van der Waals surface area contributed by atoms with Crippen molar-refractivity contribution >= 4 is 0 Å². The summed E-state index contributed by atoms with van der Waals surface area (Å²) in [4.78, 5) is 0. The molecule has 2 unspecified atom stereocenters. The summed E-state index contributed by atoms with van der Waals surface area (Å²) >= 11 is 0. The van der Waals surface area contributed by atoms with Crippen LogP contribution in [0.1, 0.15) is 105 Å². The maximum atomic E-state index is 2.70. The molecule has 0 aliphatic heterocycles. The molecule has 4 rings (SSSR count). The lowest BCUT2D eigenvalue weighted by Crippen LogP contribution is -2.07. The smallest absolute Gasteiger partial charge is 0.000817 e. The van der Waals surface area contributed by atoms with Gasteiger partial charge >= 0.3 is 0 Å². The highest BCUT2D eigenvalue weighted by molar-refractivity contribution is 5.48. The lowest BCUT2D eigenvalue weighted by atomic mass is 9.83. The molecule has 0 heteroatoms. The van der Waals surface area contributed by atoms with Gasteiger partial charge in [-0.1, -0.05) is 57.4 Å². The van der Waals surface area contributed by atoms with Crippen LogP contribution in [-0.2, 0) is 0 Å². The second-order valence-electron chi connectivity index (χ2n) is 10.8. The highest BCUT2D eigenvalue weighted by Crippen LogP contribution is 2.47. The first kappa shape index (κ1) is 20.2. The molecule has 0 amide bonds. The minimum absolute atomic E-state index is 0.735. The molecular weight excluding hydrogens is 336 g/mol. The number of rotatable bonds is 7. The quantitative estimate of drug-likeness (QED) is 0.415. The van der Waals surface area contributed by atoms with E-state index in [0.29, 0.717) is 0 Å². The number of allylic oxidation sites excluding steroid dienone is 8. The van der Waals surface area contributed by atoms with Gasteiger partial charge in [-0.3, -0.25) is 0 Å². The van der Waals surface area contributed by atoms with Crippen molar-refractivity contribution in [1.29, 1.82) is 0 Å². The molecule has 2 fully saturated rings. The van der Waals surface area contributed by atoms with Gasteiger partial charge in [-0.05, 0) is 117 Å². The van der Waals surface area contributed by atoms with Crippen molar-refractivity contribution < 1.29 is 0 Å². The van der Waals surface area contributed by atoms with E-state index in [4.69, 9.17) is 0 Å². The molecule has 0 heterocycles. The van der Waals surface area contributed by atoms with Gasteiger partial charge < -0.3 is 0 Å². The first-order valence-electron chi connectivity index (χ1n) is 12.4. The molecule has 2 saturated carbocycles. The van der Waals surface area contributed by atoms with Gasteiger partial charge in [-0.2, -0.15) is 0 Å². The predicted octanol–water partition coefficient (Wildman–Crippen LogP) is 8.71. The second kappa shape index (κ2) is 8.76.